The predicted molar refractivity (Wildman–Crippen MR) is 65.6 cm³/mol. The van der Waals surface area contributed by atoms with Crippen LogP contribution in [0.4, 0.5) is 5.69 Å². The van der Waals surface area contributed by atoms with E-state index in [2.05, 4.69) is 5.32 Å². The Bertz CT molecular complexity index is 438. The molecule has 0 saturated carbocycles. The molecular formula is C13H15NO3. The molecule has 1 aromatic carbocycles. The third kappa shape index (κ3) is 4.51. The monoisotopic (exact) mass is 233 g/mol. The Morgan fingerprint density at radius 1 is 1.35 bits per heavy atom. The van der Waals surface area contributed by atoms with E-state index in [4.69, 9.17) is 4.74 Å². The van der Waals surface area contributed by atoms with Gasteiger partial charge in [-0.3, -0.25) is 4.79 Å². The molecule has 4 heteroatoms. The first-order valence-corrected chi connectivity index (χ1v) is 5.28. The number of amides is 1. The van der Waals surface area contributed by atoms with Crippen LogP contribution in [0.1, 0.15) is 12.5 Å². The van der Waals surface area contributed by atoms with Gasteiger partial charge < -0.3 is 10.1 Å². The molecule has 17 heavy (non-hydrogen) atoms. The first-order valence-electron chi connectivity index (χ1n) is 5.28. The Labute approximate surface area is 100 Å². The minimum absolute atomic E-state index is 0.280. The Hall–Kier alpha value is -2.10. The van der Waals surface area contributed by atoms with Gasteiger partial charge in [0.25, 0.3) is 5.91 Å². The number of aryl methyl sites for hydroxylation is 1. The summed E-state index contributed by atoms with van der Waals surface area (Å²) in [4.78, 5) is 22.4. The second kappa shape index (κ2) is 6.48. The zero-order valence-electron chi connectivity index (χ0n) is 9.90. The molecule has 0 fully saturated rings. The SMILES string of the molecule is CC=CC(=O)OCC(=O)Nc1ccccc1C. The summed E-state index contributed by atoms with van der Waals surface area (Å²) in [6.45, 7) is 3.31. The van der Waals surface area contributed by atoms with Crippen molar-refractivity contribution in [1.82, 2.24) is 0 Å². The molecule has 1 aromatic rings. The Morgan fingerprint density at radius 3 is 2.71 bits per heavy atom. The highest BCUT2D eigenvalue weighted by Crippen LogP contribution is 2.12. The fourth-order valence-corrected chi connectivity index (χ4v) is 1.22. The fraction of sp³-hybridized carbons (Fsp3) is 0.231. The highest BCUT2D eigenvalue weighted by molar-refractivity contribution is 5.94. The molecule has 0 heterocycles. The number of benzene rings is 1. The highest BCUT2D eigenvalue weighted by atomic mass is 16.5. The van der Waals surface area contributed by atoms with Crippen LogP contribution in [-0.4, -0.2) is 18.5 Å². The number of rotatable bonds is 4. The lowest BCUT2D eigenvalue weighted by molar-refractivity contribution is -0.142. The van der Waals surface area contributed by atoms with E-state index in [1.807, 2.05) is 25.1 Å². The van der Waals surface area contributed by atoms with E-state index in [-0.39, 0.29) is 12.5 Å². The number of hydrogen-bond acceptors (Lipinski definition) is 3. The molecule has 1 amide bonds. The minimum Gasteiger partial charge on any atom is -0.452 e. The van der Waals surface area contributed by atoms with Crippen LogP contribution in [0.2, 0.25) is 0 Å². The molecule has 0 atom stereocenters. The molecule has 4 nitrogen and oxygen atoms in total. The van der Waals surface area contributed by atoms with Crippen LogP contribution in [-0.2, 0) is 14.3 Å². The van der Waals surface area contributed by atoms with Gasteiger partial charge in [-0.1, -0.05) is 24.3 Å². The number of esters is 1. The van der Waals surface area contributed by atoms with E-state index >= 15 is 0 Å². The molecule has 0 aliphatic heterocycles. The lowest BCUT2D eigenvalue weighted by Crippen LogP contribution is -2.20. The molecule has 0 aliphatic carbocycles. The molecule has 90 valence electrons. The van der Waals surface area contributed by atoms with Crippen molar-refractivity contribution in [3.63, 3.8) is 0 Å². The van der Waals surface area contributed by atoms with Gasteiger partial charge in [0.05, 0.1) is 0 Å². The van der Waals surface area contributed by atoms with Crippen LogP contribution < -0.4 is 5.32 Å². The molecule has 1 rings (SSSR count). The molecule has 0 saturated heterocycles. The van der Waals surface area contributed by atoms with E-state index in [0.29, 0.717) is 0 Å². The van der Waals surface area contributed by atoms with Crippen LogP contribution >= 0.6 is 0 Å². The normalized spacial score (nSPS) is 10.2. The average molecular weight is 233 g/mol. The smallest absolute Gasteiger partial charge is 0.330 e. The van der Waals surface area contributed by atoms with Gasteiger partial charge in [-0.15, -0.1) is 0 Å². The van der Waals surface area contributed by atoms with Gasteiger partial charge in [0.15, 0.2) is 6.61 Å². The maximum absolute atomic E-state index is 11.5. The number of allylic oxidation sites excluding steroid dienone is 1. The van der Waals surface area contributed by atoms with Crippen LogP contribution in [0, 0.1) is 6.92 Å². The number of ether oxygens (including phenoxy) is 1. The topological polar surface area (TPSA) is 55.4 Å². The standard InChI is InChI=1S/C13H15NO3/c1-3-6-13(16)17-9-12(15)14-11-8-5-4-7-10(11)2/h3-8H,9H2,1-2H3,(H,14,15). The number of anilines is 1. The number of para-hydroxylation sites is 1. The maximum Gasteiger partial charge on any atom is 0.330 e. The van der Waals surface area contributed by atoms with Crippen LogP contribution in [0.25, 0.3) is 0 Å². The first-order chi connectivity index (χ1) is 8.13. The number of hydrogen-bond donors (Lipinski definition) is 1. The first kappa shape index (κ1) is 13.0. The van der Waals surface area contributed by atoms with Crippen molar-refractivity contribution < 1.29 is 14.3 Å². The summed E-state index contributed by atoms with van der Waals surface area (Å²) in [5.41, 5.74) is 1.68. The number of nitrogens with one attached hydrogen (secondary N) is 1. The van der Waals surface area contributed by atoms with Crippen molar-refractivity contribution in [2.75, 3.05) is 11.9 Å². The van der Waals surface area contributed by atoms with Crippen LogP contribution in [0.5, 0.6) is 0 Å². The van der Waals surface area contributed by atoms with Crippen molar-refractivity contribution in [3.05, 3.63) is 42.0 Å². The average Bonchev–Trinajstić information content (AvgIpc) is 2.30. The van der Waals surface area contributed by atoms with Gasteiger partial charge >= 0.3 is 5.97 Å². The molecule has 0 radical (unpaired) electrons. The Balaban J connectivity index is 2.45. The number of carbonyl (C=O) groups excluding carboxylic acids is 2. The summed E-state index contributed by atoms with van der Waals surface area (Å²) in [7, 11) is 0. The lowest BCUT2D eigenvalue weighted by Gasteiger charge is -2.07. The van der Waals surface area contributed by atoms with Crippen molar-refractivity contribution in [2.24, 2.45) is 0 Å². The minimum atomic E-state index is -0.521. The number of carbonyl (C=O) groups is 2. The summed E-state index contributed by atoms with van der Waals surface area (Å²) < 4.78 is 4.72. The van der Waals surface area contributed by atoms with E-state index in [0.717, 1.165) is 11.3 Å². The van der Waals surface area contributed by atoms with E-state index in [1.54, 1.807) is 19.1 Å². The largest absolute Gasteiger partial charge is 0.452 e. The zero-order valence-corrected chi connectivity index (χ0v) is 9.90. The van der Waals surface area contributed by atoms with Crippen molar-refractivity contribution >= 4 is 17.6 Å². The predicted octanol–water partition coefficient (Wildman–Crippen LogP) is 2.05. The molecule has 0 spiro atoms. The summed E-state index contributed by atoms with van der Waals surface area (Å²) in [6.07, 6.45) is 2.82. The van der Waals surface area contributed by atoms with E-state index in [9.17, 15) is 9.59 Å². The second-order valence-electron chi connectivity index (χ2n) is 3.47. The summed E-state index contributed by atoms with van der Waals surface area (Å²) in [5.74, 6) is -0.871. The van der Waals surface area contributed by atoms with Gasteiger partial charge in [-0.05, 0) is 25.5 Å². The highest BCUT2D eigenvalue weighted by Gasteiger charge is 2.06. The maximum atomic E-state index is 11.5. The molecular weight excluding hydrogens is 218 g/mol. The molecule has 0 bridgehead atoms. The van der Waals surface area contributed by atoms with Crippen LogP contribution in [0.3, 0.4) is 0 Å². The Kier molecular flexibility index (Phi) is 4.94. The van der Waals surface area contributed by atoms with Crippen molar-refractivity contribution in [2.45, 2.75) is 13.8 Å². The van der Waals surface area contributed by atoms with E-state index in [1.165, 1.54) is 6.08 Å². The third-order valence-corrected chi connectivity index (χ3v) is 2.07. The van der Waals surface area contributed by atoms with Crippen LogP contribution in [0.15, 0.2) is 36.4 Å². The Morgan fingerprint density at radius 2 is 2.06 bits per heavy atom. The van der Waals surface area contributed by atoms with E-state index < -0.39 is 5.97 Å². The third-order valence-electron chi connectivity index (χ3n) is 2.07. The van der Waals surface area contributed by atoms with Crippen molar-refractivity contribution in [1.29, 1.82) is 0 Å². The van der Waals surface area contributed by atoms with Gasteiger partial charge in [-0.25, -0.2) is 4.79 Å². The second-order valence-corrected chi connectivity index (χ2v) is 3.47. The summed E-state index contributed by atoms with van der Waals surface area (Å²) >= 11 is 0. The van der Waals surface area contributed by atoms with Gasteiger partial charge in [0.2, 0.25) is 0 Å². The lowest BCUT2D eigenvalue weighted by atomic mass is 10.2. The van der Waals surface area contributed by atoms with Gasteiger partial charge in [-0.2, -0.15) is 0 Å². The van der Waals surface area contributed by atoms with Gasteiger partial charge in [0, 0.05) is 11.8 Å². The fourth-order valence-electron chi connectivity index (χ4n) is 1.22. The molecule has 0 aromatic heterocycles. The summed E-state index contributed by atoms with van der Waals surface area (Å²) in [5, 5.41) is 2.67. The quantitative estimate of drug-likeness (QED) is 0.639. The molecule has 0 unspecified atom stereocenters. The summed E-state index contributed by atoms with van der Waals surface area (Å²) in [6, 6.07) is 7.40. The zero-order chi connectivity index (χ0) is 12.7. The van der Waals surface area contributed by atoms with Gasteiger partial charge in [0.1, 0.15) is 0 Å². The molecule has 0 aliphatic rings. The molecule has 1 N–H and O–H groups in total. The van der Waals surface area contributed by atoms with Crippen molar-refractivity contribution in [3.8, 4) is 0 Å².